The molecule has 1 unspecified atom stereocenters. The fourth-order valence-electron chi connectivity index (χ4n) is 1.13. The van der Waals surface area contributed by atoms with E-state index in [0.717, 1.165) is 0 Å². The van der Waals surface area contributed by atoms with Crippen LogP contribution in [0.5, 0.6) is 0 Å². The van der Waals surface area contributed by atoms with E-state index in [4.69, 9.17) is 22.1 Å². The first-order valence-corrected chi connectivity index (χ1v) is 5.35. The first kappa shape index (κ1) is 14.0. The number of halogens is 1. The van der Waals surface area contributed by atoms with Crippen molar-refractivity contribution in [3.63, 3.8) is 0 Å². The number of urea groups is 1. The molecule has 96 valence electrons. The molecule has 0 heterocycles. The highest BCUT2D eigenvalue weighted by Crippen LogP contribution is 2.16. The van der Waals surface area contributed by atoms with Gasteiger partial charge in [0.25, 0.3) is 5.91 Å². The molecule has 0 saturated carbocycles. The summed E-state index contributed by atoms with van der Waals surface area (Å²) in [6.07, 6.45) is -1.15. The number of hydrogen-bond donors (Lipinski definition) is 2. The van der Waals surface area contributed by atoms with Crippen LogP contribution in [0.3, 0.4) is 0 Å². The van der Waals surface area contributed by atoms with Gasteiger partial charge in [-0.3, -0.25) is 10.1 Å². The Morgan fingerprint density at radius 3 is 2.50 bits per heavy atom. The van der Waals surface area contributed by atoms with Crippen LogP contribution in [0.4, 0.5) is 4.79 Å². The molecule has 0 aliphatic rings. The zero-order valence-electron chi connectivity index (χ0n) is 9.48. The Bertz CT molecular complexity index is 490. The number of esters is 1. The number of nitrogens with one attached hydrogen (secondary N) is 1. The van der Waals surface area contributed by atoms with Crippen LogP contribution in [-0.4, -0.2) is 24.0 Å². The minimum atomic E-state index is -1.15. The Kier molecular flexibility index (Phi) is 4.67. The van der Waals surface area contributed by atoms with Crippen LogP contribution in [0.15, 0.2) is 24.3 Å². The molecule has 3 N–H and O–H groups in total. The Labute approximate surface area is 108 Å². The largest absolute Gasteiger partial charge is 0.449 e. The van der Waals surface area contributed by atoms with Gasteiger partial charge < -0.3 is 10.5 Å². The van der Waals surface area contributed by atoms with E-state index in [-0.39, 0.29) is 10.6 Å². The minimum Gasteiger partial charge on any atom is -0.449 e. The maximum absolute atomic E-state index is 11.7. The van der Waals surface area contributed by atoms with E-state index in [1.165, 1.54) is 19.1 Å². The van der Waals surface area contributed by atoms with Crippen molar-refractivity contribution in [1.29, 1.82) is 0 Å². The minimum absolute atomic E-state index is 0.137. The van der Waals surface area contributed by atoms with Crippen molar-refractivity contribution in [3.05, 3.63) is 34.9 Å². The monoisotopic (exact) mass is 270 g/mol. The predicted octanol–water partition coefficient (Wildman–Crippen LogP) is 1.08. The van der Waals surface area contributed by atoms with Gasteiger partial charge in [-0.1, -0.05) is 23.7 Å². The quantitative estimate of drug-likeness (QED) is 0.803. The van der Waals surface area contributed by atoms with E-state index in [1.54, 1.807) is 17.4 Å². The van der Waals surface area contributed by atoms with Gasteiger partial charge in [0, 0.05) is 0 Å². The van der Waals surface area contributed by atoms with E-state index in [2.05, 4.69) is 0 Å². The lowest BCUT2D eigenvalue weighted by Gasteiger charge is -2.12. The number of carbonyl (C=O) groups is 3. The van der Waals surface area contributed by atoms with Gasteiger partial charge in [-0.05, 0) is 19.1 Å². The van der Waals surface area contributed by atoms with E-state index in [0.29, 0.717) is 0 Å². The third-order valence-electron chi connectivity index (χ3n) is 1.99. The summed E-state index contributed by atoms with van der Waals surface area (Å²) < 4.78 is 4.84. The summed E-state index contributed by atoms with van der Waals surface area (Å²) in [6, 6.07) is 5.23. The number of imide groups is 1. The normalized spacial score (nSPS) is 11.4. The molecule has 0 radical (unpaired) electrons. The molecule has 0 bridgehead atoms. The number of primary amides is 1. The van der Waals surface area contributed by atoms with Crippen LogP contribution in [-0.2, 0) is 9.53 Å². The molecule has 0 aliphatic heterocycles. The lowest BCUT2D eigenvalue weighted by atomic mass is 10.2. The van der Waals surface area contributed by atoms with Gasteiger partial charge in [0.2, 0.25) is 0 Å². The fourth-order valence-corrected chi connectivity index (χ4v) is 1.34. The number of benzene rings is 1. The average molecular weight is 271 g/mol. The molecule has 0 saturated heterocycles. The van der Waals surface area contributed by atoms with Gasteiger partial charge in [0.1, 0.15) is 0 Å². The summed E-state index contributed by atoms with van der Waals surface area (Å²) in [5, 5.41) is 2.02. The third-order valence-corrected chi connectivity index (χ3v) is 2.32. The van der Waals surface area contributed by atoms with Crippen molar-refractivity contribution in [2.45, 2.75) is 13.0 Å². The summed E-state index contributed by atoms with van der Waals surface area (Å²) in [6.45, 7) is 1.31. The summed E-state index contributed by atoms with van der Waals surface area (Å²) in [7, 11) is 0. The molecular weight excluding hydrogens is 260 g/mol. The number of rotatable bonds is 3. The van der Waals surface area contributed by atoms with Crippen LogP contribution in [0.25, 0.3) is 0 Å². The Hall–Kier alpha value is -2.08. The van der Waals surface area contributed by atoms with Crippen LogP contribution < -0.4 is 11.1 Å². The van der Waals surface area contributed by atoms with Gasteiger partial charge in [0.15, 0.2) is 6.10 Å². The predicted molar refractivity (Wildman–Crippen MR) is 64.1 cm³/mol. The number of ether oxygens (including phenoxy) is 1. The van der Waals surface area contributed by atoms with E-state index >= 15 is 0 Å². The second-order valence-electron chi connectivity index (χ2n) is 3.38. The van der Waals surface area contributed by atoms with Crippen LogP contribution in [0, 0.1) is 0 Å². The average Bonchev–Trinajstić information content (AvgIpc) is 2.28. The molecule has 6 nitrogen and oxygen atoms in total. The molecule has 7 heteroatoms. The fraction of sp³-hybridized carbons (Fsp3) is 0.182. The standard InChI is InChI=1S/C11H11ClN2O4/c1-6(9(15)14-11(13)17)18-10(16)7-4-2-3-5-8(7)12/h2-6H,1H3,(H3,13,14,15,17). The number of nitrogens with two attached hydrogens (primary N) is 1. The molecule has 3 amide bonds. The first-order valence-electron chi connectivity index (χ1n) is 4.97. The Morgan fingerprint density at radius 2 is 1.94 bits per heavy atom. The molecule has 0 spiro atoms. The topological polar surface area (TPSA) is 98.5 Å². The molecule has 1 aromatic carbocycles. The SMILES string of the molecule is CC(OC(=O)c1ccccc1Cl)C(=O)NC(N)=O. The van der Waals surface area contributed by atoms with Gasteiger partial charge in [-0.25, -0.2) is 9.59 Å². The highest BCUT2D eigenvalue weighted by Gasteiger charge is 2.21. The zero-order valence-corrected chi connectivity index (χ0v) is 10.2. The number of carbonyl (C=O) groups excluding carboxylic acids is 3. The lowest BCUT2D eigenvalue weighted by Crippen LogP contribution is -2.42. The van der Waals surface area contributed by atoms with Gasteiger partial charge >= 0.3 is 12.0 Å². The van der Waals surface area contributed by atoms with Crippen molar-refractivity contribution in [2.75, 3.05) is 0 Å². The third kappa shape index (κ3) is 3.74. The molecule has 1 atom stereocenters. The highest BCUT2D eigenvalue weighted by atomic mass is 35.5. The molecule has 18 heavy (non-hydrogen) atoms. The van der Waals surface area contributed by atoms with Crippen LogP contribution >= 0.6 is 11.6 Å². The van der Waals surface area contributed by atoms with Crippen LogP contribution in [0.2, 0.25) is 5.02 Å². The van der Waals surface area contributed by atoms with E-state index < -0.39 is 24.0 Å². The molecular formula is C11H11ClN2O4. The number of hydrogen-bond acceptors (Lipinski definition) is 4. The summed E-state index contributed by atoms with van der Waals surface area (Å²) in [5.74, 6) is -1.56. The highest BCUT2D eigenvalue weighted by molar-refractivity contribution is 6.33. The maximum atomic E-state index is 11.7. The number of amides is 3. The first-order chi connectivity index (χ1) is 8.41. The Morgan fingerprint density at radius 1 is 1.33 bits per heavy atom. The molecule has 0 aromatic heterocycles. The molecule has 0 fully saturated rings. The summed E-state index contributed by atoms with van der Waals surface area (Å²) in [5.41, 5.74) is 4.90. The van der Waals surface area contributed by atoms with E-state index in [9.17, 15) is 14.4 Å². The second kappa shape index (κ2) is 6.02. The summed E-state index contributed by atoms with van der Waals surface area (Å²) >= 11 is 5.79. The van der Waals surface area contributed by atoms with Gasteiger partial charge in [-0.2, -0.15) is 0 Å². The maximum Gasteiger partial charge on any atom is 0.340 e. The smallest absolute Gasteiger partial charge is 0.340 e. The van der Waals surface area contributed by atoms with Crippen molar-refractivity contribution >= 4 is 29.5 Å². The molecule has 1 aromatic rings. The van der Waals surface area contributed by atoms with Crippen molar-refractivity contribution < 1.29 is 19.1 Å². The van der Waals surface area contributed by atoms with Gasteiger partial charge in [0.05, 0.1) is 10.6 Å². The second-order valence-corrected chi connectivity index (χ2v) is 3.79. The van der Waals surface area contributed by atoms with Gasteiger partial charge in [-0.15, -0.1) is 0 Å². The zero-order chi connectivity index (χ0) is 13.7. The Balaban J connectivity index is 2.68. The molecule has 1 rings (SSSR count). The van der Waals surface area contributed by atoms with Crippen LogP contribution in [0.1, 0.15) is 17.3 Å². The van der Waals surface area contributed by atoms with E-state index in [1.807, 2.05) is 0 Å². The van der Waals surface area contributed by atoms with Crippen molar-refractivity contribution in [2.24, 2.45) is 5.73 Å². The van der Waals surface area contributed by atoms with Crippen molar-refractivity contribution in [1.82, 2.24) is 5.32 Å². The molecule has 0 aliphatic carbocycles. The summed E-state index contributed by atoms with van der Waals surface area (Å²) in [4.78, 5) is 33.4. The van der Waals surface area contributed by atoms with Crippen molar-refractivity contribution in [3.8, 4) is 0 Å². The lowest BCUT2D eigenvalue weighted by molar-refractivity contribution is -0.127.